The lowest BCUT2D eigenvalue weighted by Gasteiger charge is -2.08. The van der Waals surface area contributed by atoms with E-state index in [2.05, 4.69) is 9.97 Å². The van der Waals surface area contributed by atoms with Gasteiger partial charge in [-0.15, -0.1) is 0 Å². The molecule has 0 unspecified atom stereocenters. The molecular weight excluding hydrogens is 262 g/mol. The molecule has 0 aliphatic heterocycles. The third kappa shape index (κ3) is 2.69. The molecule has 1 heterocycles. The van der Waals surface area contributed by atoms with Crippen LogP contribution in [0.15, 0.2) is 30.6 Å². The van der Waals surface area contributed by atoms with E-state index >= 15 is 0 Å². The quantitative estimate of drug-likeness (QED) is 0.378. The number of hydrogen-bond donors (Lipinski definition) is 2. The zero-order valence-electron chi connectivity index (χ0n) is 10.5. The van der Waals surface area contributed by atoms with Gasteiger partial charge in [0.15, 0.2) is 5.69 Å². The van der Waals surface area contributed by atoms with Gasteiger partial charge < -0.3 is 10.5 Å². The van der Waals surface area contributed by atoms with Crippen molar-refractivity contribution in [3.05, 3.63) is 52.0 Å². The lowest BCUT2D eigenvalue weighted by Crippen LogP contribution is -2.15. The number of nitrogens with zero attached hydrogens (tertiary/aromatic N) is 3. The van der Waals surface area contributed by atoms with Gasteiger partial charge in [0.25, 0.3) is 5.69 Å². The minimum absolute atomic E-state index is 0.00304. The van der Waals surface area contributed by atoms with Crippen LogP contribution in [0.5, 0.6) is 11.6 Å². The monoisotopic (exact) mass is 273 g/mol. The molecule has 2 aromatic rings. The van der Waals surface area contributed by atoms with Crippen LogP contribution in [-0.2, 0) is 0 Å². The van der Waals surface area contributed by atoms with Crippen LogP contribution in [0, 0.1) is 22.4 Å². The summed E-state index contributed by atoms with van der Waals surface area (Å²) < 4.78 is 5.47. The Morgan fingerprint density at radius 1 is 1.40 bits per heavy atom. The van der Waals surface area contributed by atoms with E-state index in [0.717, 1.165) is 0 Å². The Bertz CT molecular complexity index is 687. The topological polar surface area (TPSA) is 128 Å². The molecule has 1 aromatic heterocycles. The van der Waals surface area contributed by atoms with Crippen molar-refractivity contribution in [1.82, 2.24) is 9.97 Å². The number of aromatic nitrogens is 2. The van der Waals surface area contributed by atoms with Crippen molar-refractivity contribution in [1.29, 1.82) is 5.41 Å². The molecule has 0 aliphatic carbocycles. The van der Waals surface area contributed by atoms with Gasteiger partial charge in [-0.1, -0.05) is 0 Å². The van der Waals surface area contributed by atoms with E-state index in [1.807, 2.05) is 0 Å². The second-order valence-corrected chi connectivity index (χ2v) is 3.93. The first-order valence-electron chi connectivity index (χ1n) is 5.57. The average molecular weight is 273 g/mol. The summed E-state index contributed by atoms with van der Waals surface area (Å²) in [5.41, 5.74) is 5.95. The molecule has 0 spiro atoms. The lowest BCUT2D eigenvalue weighted by atomic mass is 10.2. The van der Waals surface area contributed by atoms with E-state index in [4.69, 9.17) is 15.9 Å². The maximum atomic E-state index is 10.7. The van der Waals surface area contributed by atoms with Crippen LogP contribution in [0.4, 0.5) is 5.69 Å². The molecular formula is C12H11N5O3. The number of nitrogens with two attached hydrogens (primary N) is 1. The van der Waals surface area contributed by atoms with E-state index in [-0.39, 0.29) is 23.1 Å². The van der Waals surface area contributed by atoms with E-state index in [1.54, 1.807) is 6.92 Å². The molecule has 0 saturated heterocycles. The second-order valence-electron chi connectivity index (χ2n) is 3.93. The summed E-state index contributed by atoms with van der Waals surface area (Å²) in [6.45, 7) is 1.60. The minimum atomic E-state index is -0.470. The summed E-state index contributed by atoms with van der Waals surface area (Å²) in [4.78, 5) is 18.1. The SMILES string of the molecule is Cc1cc(Oc2nccnc2C(=N)N)ccc1[N+](=O)[O-]. The zero-order chi connectivity index (χ0) is 14.7. The summed E-state index contributed by atoms with van der Waals surface area (Å²) in [6, 6.07) is 4.30. The lowest BCUT2D eigenvalue weighted by molar-refractivity contribution is -0.385. The number of rotatable bonds is 4. The molecule has 0 atom stereocenters. The highest BCUT2D eigenvalue weighted by atomic mass is 16.6. The van der Waals surface area contributed by atoms with Gasteiger partial charge in [-0.05, 0) is 19.1 Å². The number of nitro benzene ring substituents is 1. The molecule has 2 rings (SSSR count). The summed E-state index contributed by atoms with van der Waals surface area (Å²) in [6.07, 6.45) is 2.80. The Morgan fingerprint density at radius 3 is 2.70 bits per heavy atom. The Balaban J connectivity index is 2.34. The largest absolute Gasteiger partial charge is 0.437 e. The van der Waals surface area contributed by atoms with Crippen LogP contribution in [0.25, 0.3) is 0 Å². The number of amidine groups is 1. The molecule has 8 nitrogen and oxygen atoms in total. The van der Waals surface area contributed by atoms with E-state index in [1.165, 1.54) is 30.6 Å². The summed E-state index contributed by atoms with van der Waals surface area (Å²) >= 11 is 0. The molecule has 0 saturated carbocycles. The molecule has 3 N–H and O–H groups in total. The second kappa shape index (κ2) is 5.31. The van der Waals surface area contributed by atoms with Gasteiger partial charge in [0.2, 0.25) is 5.88 Å². The van der Waals surface area contributed by atoms with Gasteiger partial charge in [0.1, 0.15) is 11.6 Å². The van der Waals surface area contributed by atoms with Crippen LogP contribution in [0.2, 0.25) is 0 Å². The van der Waals surface area contributed by atoms with Crippen molar-refractivity contribution >= 4 is 11.5 Å². The predicted molar refractivity (Wildman–Crippen MR) is 71.0 cm³/mol. The number of nitro groups is 1. The van der Waals surface area contributed by atoms with Crippen molar-refractivity contribution in [2.24, 2.45) is 5.73 Å². The molecule has 8 heteroatoms. The van der Waals surface area contributed by atoms with Gasteiger partial charge in [-0.25, -0.2) is 9.97 Å². The third-order valence-electron chi connectivity index (χ3n) is 2.50. The van der Waals surface area contributed by atoms with Crippen LogP contribution < -0.4 is 10.5 Å². The molecule has 102 valence electrons. The fourth-order valence-corrected chi connectivity index (χ4v) is 1.59. The fourth-order valence-electron chi connectivity index (χ4n) is 1.59. The third-order valence-corrected chi connectivity index (χ3v) is 2.50. The predicted octanol–water partition coefficient (Wildman–Crippen LogP) is 1.77. The van der Waals surface area contributed by atoms with Crippen LogP contribution in [-0.4, -0.2) is 20.7 Å². The highest BCUT2D eigenvalue weighted by molar-refractivity contribution is 5.95. The maximum Gasteiger partial charge on any atom is 0.272 e. The highest BCUT2D eigenvalue weighted by Crippen LogP contribution is 2.27. The van der Waals surface area contributed by atoms with Gasteiger partial charge in [0.05, 0.1) is 4.92 Å². The van der Waals surface area contributed by atoms with Gasteiger partial charge in [-0.3, -0.25) is 15.5 Å². The average Bonchev–Trinajstić information content (AvgIpc) is 2.38. The van der Waals surface area contributed by atoms with Crippen molar-refractivity contribution in [3.8, 4) is 11.6 Å². The van der Waals surface area contributed by atoms with Crippen molar-refractivity contribution < 1.29 is 9.66 Å². The van der Waals surface area contributed by atoms with Gasteiger partial charge in [-0.2, -0.15) is 0 Å². The van der Waals surface area contributed by atoms with Crippen LogP contribution in [0.3, 0.4) is 0 Å². The Morgan fingerprint density at radius 2 is 2.10 bits per heavy atom. The first kappa shape index (κ1) is 13.4. The Kier molecular flexibility index (Phi) is 3.56. The maximum absolute atomic E-state index is 10.7. The minimum Gasteiger partial charge on any atom is -0.437 e. The number of aryl methyl sites for hydroxylation is 1. The molecule has 20 heavy (non-hydrogen) atoms. The standard InChI is InChI=1S/C12H11N5O3/c1-7-6-8(2-3-9(7)17(18)19)20-12-10(11(13)14)15-4-5-16-12/h2-6H,1H3,(H3,13,14). The van der Waals surface area contributed by atoms with E-state index in [0.29, 0.717) is 11.3 Å². The summed E-state index contributed by atoms with van der Waals surface area (Å²) in [5.74, 6) is 0.163. The van der Waals surface area contributed by atoms with E-state index < -0.39 is 4.92 Å². The smallest absolute Gasteiger partial charge is 0.272 e. The van der Waals surface area contributed by atoms with Crippen molar-refractivity contribution in [2.45, 2.75) is 6.92 Å². The summed E-state index contributed by atoms with van der Waals surface area (Å²) in [5, 5.41) is 18.1. The van der Waals surface area contributed by atoms with Crippen molar-refractivity contribution in [3.63, 3.8) is 0 Å². The molecule has 0 amide bonds. The first-order valence-corrected chi connectivity index (χ1v) is 5.57. The van der Waals surface area contributed by atoms with Crippen LogP contribution >= 0.6 is 0 Å². The zero-order valence-corrected chi connectivity index (χ0v) is 10.5. The number of hydrogen-bond acceptors (Lipinski definition) is 6. The number of nitrogens with one attached hydrogen (secondary N) is 1. The Hall–Kier alpha value is -3.03. The molecule has 0 fully saturated rings. The molecule has 0 aliphatic rings. The van der Waals surface area contributed by atoms with E-state index in [9.17, 15) is 10.1 Å². The molecule has 0 bridgehead atoms. The van der Waals surface area contributed by atoms with Crippen LogP contribution in [0.1, 0.15) is 11.3 Å². The fraction of sp³-hybridized carbons (Fsp3) is 0.0833. The molecule has 1 aromatic carbocycles. The Labute approximate surface area is 113 Å². The highest BCUT2D eigenvalue weighted by Gasteiger charge is 2.14. The summed E-state index contributed by atoms with van der Waals surface area (Å²) in [7, 11) is 0. The number of nitrogen functional groups attached to an aromatic ring is 1. The van der Waals surface area contributed by atoms with Gasteiger partial charge >= 0.3 is 0 Å². The number of benzene rings is 1. The first-order chi connectivity index (χ1) is 9.49. The van der Waals surface area contributed by atoms with Gasteiger partial charge in [0, 0.05) is 24.0 Å². The normalized spacial score (nSPS) is 10.1. The van der Waals surface area contributed by atoms with Crippen molar-refractivity contribution in [2.75, 3.05) is 0 Å². The number of ether oxygens (including phenoxy) is 1. The molecule has 0 radical (unpaired) electrons.